The lowest BCUT2D eigenvalue weighted by Crippen LogP contribution is -2.40. The SMILES string of the molecule is CCN(C)CCNC1CCC(C(F)(F)F)CC1. The molecule has 0 saturated heterocycles. The molecule has 0 aromatic rings. The van der Waals surface area contributed by atoms with Crippen LogP contribution in [0.25, 0.3) is 0 Å². The average molecular weight is 252 g/mol. The highest BCUT2D eigenvalue weighted by Gasteiger charge is 2.41. The summed E-state index contributed by atoms with van der Waals surface area (Å²) < 4.78 is 37.3. The second kappa shape index (κ2) is 6.59. The molecule has 0 spiro atoms. The fraction of sp³-hybridized carbons (Fsp3) is 1.00. The van der Waals surface area contributed by atoms with E-state index < -0.39 is 12.1 Å². The van der Waals surface area contributed by atoms with Gasteiger partial charge in [0.05, 0.1) is 5.92 Å². The maximum atomic E-state index is 12.4. The first-order valence-electron chi connectivity index (χ1n) is 6.42. The summed E-state index contributed by atoms with van der Waals surface area (Å²) >= 11 is 0. The van der Waals surface area contributed by atoms with Gasteiger partial charge in [0, 0.05) is 19.1 Å². The van der Waals surface area contributed by atoms with E-state index in [1.807, 2.05) is 7.05 Å². The van der Waals surface area contributed by atoms with Gasteiger partial charge in [-0.05, 0) is 39.3 Å². The Kier molecular flexibility index (Phi) is 5.73. The summed E-state index contributed by atoms with van der Waals surface area (Å²) in [5, 5.41) is 3.35. The van der Waals surface area contributed by atoms with E-state index in [4.69, 9.17) is 0 Å². The predicted molar refractivity (Wildman–Crippen MR) is 63.0 cm³/mol. The van der Waals surface area contributed by atoms with Crippen molar-refractivity contribution in [3.05, 3.63) is 0 Å². The van der Waals surface area contributed by atoms with Crippen LogP contribution >= 0.6 is 0 Å². The van der Waals surface area contributed by atoms with Crippen molar-refractivity contribution in [2.45, 2.75) is 44.8 Å². The van der Waals surface area contributed by atoms with Crippen LogP contribution in [0.2, 0.25) is 0 Å². The topological polar surface area (TPSA) is 15.3 Å². The van der Waals surface area contributed by atoms with Crippen molar-refractivity contribution in [3.63, 3.8) is 0 Å². The zero-order valence-corrected chi connectivity index (χ0v) is 10.7. The fourth-order valence-corrected chi connectivity index (χ4v) is 2.24. The lowest BCUT2D eigenvalue weighted by atomic mass is 9.85. The van der Waals surface area contributed by atoms with Crippen LogP contribution in [0.5, 0.6) is 0 Å². The molecule has 0 radical (unpaired) electrons. The molecule has 0 aliphatic heterocycles. The fourth-order valence-electron chi connectivity index (χ4n) is 2.24. The number of nitrogens with one attached hydrogen (secondary N) is 1. The minimum atomic E-state index is -3.99. The number of nitrogens with zero attached hydrogens (tertiary/aromatic N) is 1. The summed E-state index contributed by atoms with van der Waals surface area (Å²) in [5.74, 6) is -1.07. The molecule has 1 aliphatic rings. The Hall–Kier alpha value is -0.290. The van der Waals surface area contributed by atoms with Gasteiger partial charge in [-0.15, -0.1) is 0 Å². The van der Waals surface area contributed by atoms with Gasteiger partial charge in [0.1, 0.15) is 0 Å². The molecule has 1 rings (SSSR count). The summed E-state index contributed by atoms with van der Waals surface area (Å²) in [4.78, 5) is 2.19. The summed E-state index contributed by atoms with van der Waals surface area (Å²) in [6.07, 6.45) is -2.12. The van der Waals surface area contributed by atoms with Crippen LogP contribution in [-0.2, 0) is 0 Å². The molecule has 1 saturated carbocycles. The number of alkyl halides is 3. The summed E-state index contributed by atoms with van der Waals surface area (Å²) in [7, 11) is 2.04. The Balaban J connectivity index is 2.15. The standard InChI is InChI=1S/C12H23F3N2/c1-3-17(2)9-8-16-11-6-4-10(5-7-11)12(13,14)15/h10-11,16H,3-9H2,1-2H3. The van der Waals surface area contributed by atoms with E-state index in [1.54, 1.807) is 0 Å². The summed E-state index contributed by atoms with van der Waals surface area (Å²) in [6.45, 7) is 4.92. The molecule has 1 N–H and O–H groups in total. The van der Waals surface area contributed by atoms with E-state index in [-0.39, 0.29) is 18.9 Å². The molecule has 1 fully saturated rings. The molecule has 102 valence electrons. The molecule has 0 unspecified atom stereocenters. The lowest BCUT2D eigenvalue weighted by Gasteiger charge is -2.30. The third-order valence-electron chi connectivity index (χ3n) is 3.66. The first-order valence-corrected chi connectivity index (χ1v) is 6.42. The zero-order chi connectivity index (χ0) is 12.9. The van der Waals surface area contributed by atoms with Gasteiger partial charge in [0.25, 0.3) is 0 Å². The highest BCUT2D eigenvalue weighted by molar-refractivity contribution is 4.80. The number of rotatable bonds is 5. The van der Waals surface area contributed by atoms with Crippen LogP contribution in [0.3, 0.4) is 0 Å². The molecule has 5 heteroatoms. The van der Waals surface area contributed by atoms with E-state index in [1.165, 1.54) is 0 Å². The molecular formula is C12H23F3N2. The van der Waals surface area contributed by atoms with E-state index in [2.05, 4.69) is 17.1 Å². The van der Waals surface area contributed by atoms with E-state index >= 15 is 0 Å². The van der Waals surface area contributed by atoms with Crippen LogP contribution in [-0.4, -0.2) is 43.8 Å². The van der Waals surface area contributed by atoms with Crippen LogP contribution in [0, 0.1) is 5.92 Å². The first-order chi connectivity index (χ1) is 7.93. The van der Waals surface area contributed by atoms with Crippen LogP contribution in [0.15, 0.2) is 0 Å². The molecule has 0 atom stereocenters. The predicted octanol–water partition coefficient (Wildman–Crippen LogP) is 2.65. The van der Waals surface area contributed by atoms with Crippen molar-refractivity contribution in [2.75, 3.05) is 26.7 Å². The Morgan fingerprint density at radius 1 is 1.18 bits per heavy atom. The molecule has 17 heavy (non-hydrogen) atoms. The maximum absolute atomic E-state index is 12.4. The summed E-state index contributed by atoms with van der Waals surface area (Å²) in [5.41, 5.74) is 0. The van der Waals surface area contributed by atoms with Gasteiger partial charge >= 0.3 is 6.18 Å². The van der Waals surface area contributed by atoms with E-state index in [0.717, 1.165) is 19.6 Å². The van der Waals surface area contributed by atoms with Gasteiger partial charge in [-0.1, -0.05) is 6.92 Å². The molecule has 0 amide bonds. The van der Waals surface area contributed by atoms with Crippen molar-refractivity contribution in [1.82, 2.24) is 10.2 Å². The minimum absolute atomic E-state index is 0.277. The van der Waals surface area contributed by atoms with Gasteiger partial charge in [-0.3, -0.25) is 0 Å². The second-order valence-corrected chi connectivity index (χ2v) is 4.94. The van der Waals surface area contributed by atoms with Crippen molar-refractivity contribution in [1.29, 1.82) is 0 Å². The van der Waals surface area contributed by atoms with Crippen molar-refractivity contribution < 1.29 is 13.2 Å². The molecule has 0 aromatic heterocycles. The van der Waals surface area contributed by atoms with Gasteiger partial charge < -0.3 is 10.2 Å². The molecule has 2 nitrogen and oxygen atoms in total. The molecule has 0 bridgehead atoms. The molecular weight excluding hydrogens is 229 g/mol. The van der Waals surface area contributed by atoms with Crippen molar-refractivity contribution >= 4 is 0 Å². The van der Waals surface area contributed by atoms with Gasteiger partial charge in [-0.2, -0.15) is 13.2 Å². The normalized spacial score (nSPS) is 26.5. The highest BCUT2D eigenvalue weighted by Crippen LogP contribution is 2.37. The quantitative estimate of drug-likeness (QED) is 0.809. The Labute approximate surface area is 102 Å². The number of halogens is 3. The van der Waals surface area contributed by atoms with Crippen LogP contribution < -0.4 is 5.32 Å². The second-order valence-electron chi connectivity index (χ2n) is 4.94. The van der Waals surface area contributed by atoms with Gasteiger partial charge in [-0.25, -0.2) is 0 Å². The smallest absolute Gasteiger partial charge is 0.313 e. The number of hydrogen-bond acceptors (Lipinski definition) is 2. The molecule has 0 heterocycles. The average Bonchev–Trinajstić information content (AvgIpc) is 2.28. The molecule has 0 aromatic carbocycles. The first kappa shape index (κ1) is 14.8. The van der Waals surface area contributed by atoms with Gasteiger partial charge in [0.15, 0.2) is 0 Å². The van der Waals surface area contributed by atoms with E-state index in [0.29, 0.717) is 12.8 Å². The highest BCUT2D eigenvalue weighted by atomic mass is 19.4. The van der Waals surface area contributed by atoms with Crippen molar-refractivity contribution in [2.24, 2.45) is 5.92 Å². The summed E-state index contributed by atoms with van der Waals surface area (Å²) in [6, 6.07) is 0.277. The zero-order valence-electron chi connectivity index (χ0n) is 10.7. The Morgan fingerprint density at radius 3 is 2.24 bits per heavy atom. The Bertz CT molecular complexity index is 210. The van der Waals surface area contributed by atoms with Gasteiger partial charge in [0.2, 0.25) is 0 Å². The largest absolute Gasteiger partial charge is 0.391 e. The van der Waals surface area contributed by atoms with Crippen LogP contribution in [0.4, 0.5) is 13.2 Å². The third-order valence-corrected chi connectivity index (χ3v) is 3.66. The minimum Gasteiger partial charge on any atom is -0.313 e. The monoisotopic (exact) mass is 252 g/mol. The third kappa shape index (κ3) is 5.25. The number of likely N-dealkylation sites (N-methyl/N-ethyl adjacent to an activating group) is 1. The lowest BCUT2D eigenvalue weighted by molar-refractivity contribution is -0.182. The van der Waals surface area contributed by atoms with Crippen LogP contribution in [0.1, 0.15) is 32.6 Å². The molecule has 1 aliphatic carbocycles. The number of hydrogen-bond donors (Lipinski definition) is 1. The van der Waals surface area contributed by atoms with Crippen molar-refractivity contribution in [3.8, 4) is 0 Å². The maximum Gasteiger partial charge on any atom is 0.391 e. The van der Waals surface area contributed by atoms with E-state index in [9.17, 15) is 13.2 Å². The Morgan fingerprint density at radius 2 is 1.76 bits per heavy atom.